The number of aromatic nitrogens is 2. The van der Waals surface area contributed by atoms with Gasteiger partial charge in [0.25, 0.3) is 0 Å². The molecule has 0 saturated carbocycles. The van der Waals surface area contributed by atoms with E-state index in [1.165, 1.54) is 6.07 Å². The fourth-order valence-electron chi connectivity index (χ4n) is 2.30. The van der Waals surface area contributed by atoms with Crippen LogP contribution in [0.5, 0.6) is 0 Å². The van der Waals surface area contributed by atoms with Gasteiger partial charge in [-0.05, 0) is 18.2 Å². The van der Waals surface area contributed by atoms with E-state index in [1.807, 2.05) is 0 Å². The average molecular weight is 285 g/mol. The zero-order valence-electron chi connectivity index (χ0n) is 10.6. The molecule has 1 aromatic heterocycles. The van der Waals surface area contributed by atoms with E-state index < -0.39 is 11.7 Å². The molecule has 2 N–H and O–H groups in total. The fraction of sp³-hybridized carbons (Fsp3) is 0.462. The van der Waals surface area contributed by atoms with Gasteiger partial charge in [-0.1, -0.05) is 0 Å². The number of rotatable bonds is 2. The Morgan fingerprint density at radius 1 is 1.35 bits per heavy atom. The summed E-state index contributed by atoms with van der Waals surface area (Å²) < 4.78 is 43.5. The number of morpholine rings is 1. The zero-order valence-corrected chi connectivity index (χ0v) is 10.6. The number of nitrogens with zero attached hydrogens (tertiary/aromatic N) is 1. The number of hydrogen-bond donors (Lipinski definition) is 2. The van der Waals surface area contributed by atoms with E-state index >= 15 is 0 Å². The number of aromatic amines is 1. The van der Waals surface area contributed by atoms with Gasteiger partial charge >= 0.3 is 6.18 Å². The Morgan fingerprint density at radius 2 is 2.20 bits per heavy atom. The molecule has 7 heteroatoms. The summed E-state index contributed by atoms with van der Waals surface area (Å²) in [6, 6.07) is 3.52. The fourth-order valence-corrected chi connectivity index (χ4v) is 2.30. The van der Waals surface area contributed by atoms with Gasteiger partial charge in [0.2, 0.25) is 0 Å². The predicted octanol–water partition coefficient (Wildman–Crippen LogP) is 2.11. The van der Waals surface area contributed by atoms with Crippen LogP contribution >= 0.6 is 0 Å². The monoisotopic (exact) mass is 285 g/mol. The molecule has 0 spiro atoms. The van der Waals surface area contributed by atoms with Crippen molar-refractivity contribution in [2.75, 3.05) is 19.7 Å². The Labute approximate surface area is 113 Å². The van der Waals surface area contributed by atoms with Crippen molar-refractivity contribution in [2.24, 2.45) is 0 Å². The van der Waals surface area contributed by atoms with Crippen LogP contribution in [0.1, 0.15) is 11.4 Å². The number of nitrogens with one attached hydrogen (secondary N) is 2. The van der Waals surface area contributed by atoms with E-state index in [4.69, 9.17) is 4.74 Å². The van der Waals surface area contributed by atoms with E-state index in [1.54, 1.807) is 0 Å². The summed E-state index contributed by atoms with van der Waals surface area (Å²) >= 11 is 0. The Balaban J connectivity index is 1.83. The van der Waals surface area contributed by atoms with E-state index in [2.05, 4.69) is 15.3 Å². The van der Waals surface area contributed by atoms with Gasteiger partial charge in [0, 0.05) is 19.5 Å². The molecular weight excluding hydrogens is 271 g/mol. The molecule has 2 heterocycles. The van der Waals surface area contributed by atoms with Crippen molar-refractivity contribution in [3.05, 3.63) is 29.6 Å². The minimum atomic E-state index is -4.34. The largest absolute Gasteiger partial charge is 0.416 e. The first kappa shape index (κ1) is 13.4. The molecule has 0 bridgehead atoms. The standard InChI is InChI=1S/C13H14F3N3O/c14-13(15,16)8-1-2-10-11(5-8)19-12(18-10)6-9-7-17-3-4-20-9/h1-2,5,9,17H,3-4,6-7H2,(H,18,19). The number of alkyl halides is 3. The number of imidazole rings is 1. The van der Waals surface area contributed by atoms with Crippen molar-refractivity contribution in [3.63, 3.8) is 0 Å². The Morgan fingerprint density at radius 3 is 2.90 bits per heavy atom. The topological polar surface area (TPSA) is 49.9 Å². The highest BCUT2D eigenvalue weighted by molar-refractivity contribution is 5.76. The first-order chi connectivity index (χ1) is 9.52. The van der Waals surface area contributed by atoms with Crippen LogP contribution in [0.25, 0.3) is 11.0 Å². The third-order valence-corrected chi connectivity index (χ3v) is 3.28. The van der Waals surface area contributed by atoms with Gasteiger partial charge in [-0.2, -0.15) is 13.2 Å². The second-order valence-electron chi connectivity index (χ2n) is 4.81. The molecule has 1 aliphatic heterocycles. The smallest absolute Gasteiger partial charge is 0.375 e. The number of hydrogen-bond acceptors (Lipinski definition) is 3. The Kier molecular flexibility index (Phi) is 3.39. The second-order valence-corrected chi connectivity index (χ2v) is 4.81. The highest BCUT2D eigenvalue weighted by atomic mass is 19.4. The maximum absolute atomic E-state index is 12.6. The summed E-state index contributed by atoms with van der Waals surface area (Å²) in [5.74, 6) is 0.646. The summed E-state index contributed by atoms with van der Waals surface area (Å²) in [4.78, 5) is 7.24. The van der Waals surface area contributed by atoms with Crippen molar-refractivity contribution < 1.29 is 17.9 Å². The lowest BCUT2D eigenvalue weighted by atomic mass is 10.2. The van der Waals surface area contributed by atoms with Gasteiger partial charge < -0.3 is 15.0 Å². The van der Waals surface area contributed by atoms with Gasteiger partial charge in [0.1, 0.15) is 5.82 Å². The SMILES string of the molecule is FC(F)(F)c1ccc2nc(CC3CNCCO3)[nH]c2c1. The van der Waals surface area contributed by atoms with Crippen molar-refractivity contribution in [1.29, 1.82) is 0 Å². The van der Waals surface area contributed by atoms with Gasteiger partial charge in [-0.3, -0.25) is 0 Å². The molecule has 4 nitrogen and oxygen atoms in total. The minimum absolute atomic E-state index is 0.00592. The normalized spacial score (nSPS) is 20.4. The third-order valence-electron chi connectivity index (χ3n) is 3.28. The second kappa shape index (κ2) is 5.06. The molecule has 1 aliphatic rings. The maximum atomic E-state index is 12.6. The predicted molar refractivity (Wildman–Crippen MR) is 67.4 cm³/mol. The molecule has 0 radical (unpaired) electrons. The molecule has 1 aromatic carbocycles. The molecule has 20 heavy (non-hydrogen) atoms. The summed E-state index contributed by atoms with van der Waals surface area (Å²) in [6.45, 7) is 2.19. The van der Waals surface area contributed by atoms with Gasteiger partial charge in [0.05, 0.1) is 29.3 Å². The van der Waals surface area contributed by atoms with Crippen LogP contribution in [0.4, 0.5) is 13.2 Å². The molecular formula is C13H14F3N3O. The molecule has 1 fully saturated rings. The van der Waals surface area contributed by atoms with Gasteiger partial charge in [0.15, 0.2) is 0 Å². The van der Waals surface area contributed by atoms with E-state index in [0.717, 1.165) is 25.2 Å². The summed E-state index contributed by atoms with van der Waals surface area (Å²) in [7, 11) is 0. The number of fused-ring (bicyclic) bond motifs is 1. The first-order valence-electron chi connectivity index (χ1n) is 6.40. The lowest BCUT2D eigenvalue weighted by Gasteiger charge is -2.22. The van der Waals surface area contributed by atoms with Crippen LogP contribution in [0.15, 0.2) is 18.2 Å². The third kappa shape index (κ3) is 2.78. The molecule has 0 amide bonds. The Bertz CT molecular complexity index is 602. The van der Waals surface area contributed by atoms with Gasteiger partial charge in [-0.25, -0.2) is 4.98 Å². The number of H-pyrrole nitrogens is 1. The van der Waals surface area contributed by atoms with Gasteiger partial charge in [-0.15, -0.1) is 0 Å². The maximum Gasteiger partial charge on any atom is 0.416 e. The summed E-state index contributed by atoms with van der Waals surface area (Å²) in [6.07, 6.45) is -3.77. The molecule has 108 valence electrons. The molecule has 1 saturated heterocycles. The zero-order chi connectivity index (χ0) is 14.2. The van der Waals surface area contributed by atoms with Crippen LogP contribution in [-0.2, 0) is 17.3 Å². The summed E-state index contributed by atoms with van der Waals surface area (Å²) in [5, 5.41) is 3.20. The van der Waals surface area contributed by atoms with Crippen LogP contribution < -0.4 is 5.32 Å². The van der Waals surface area contributed by atoms with Crippen molar-refractivity contribution in [3.8, 4) is 0 Å². The van der Waals surface area contributed by atoms with Crippen molar-refractivity contribution in [2.45, 2.75) is 18.7 Å². The molecule has 3 rings (SSSR count). The van der Waals surface area contributed by atoms with Crippen LogP contribution in [-0.4, -0.2) is 35.8 Å². The number of benzene rings is 1. The minimum Gasteiger partial charge on any atom is -0.375 e. The molecule has 0 aliphatic carbocycles. The number of halogens is 3. The molecule has 1 unspecified atom stereocenters. The van der Waals surface area contributed by atoms with E-state index in [0.29, 0.717) is 29.9 Å². The average Bonchev–Trinajstić information content (AvgIpc) is 2.80. The molecule has 2 aromatic rings. The van der Waals surface area contributed by atoms with Crippen molar-refractivity contribution >= 4 is 11.0 Å². The summed E-state index contributed by atoms with van der Waals surface area (Å²) in [5.41, 5.74) is 0.270. The highest BCUT2D eigenvalue weighted by Crippen LogP contribution is 2.30. The highest BCUT2D eigenvalue weighted by Gasteiger charge is 2.30. The lowest BCUT2D eigenvalue weighted by molar-refractivity contribution is -0.137. The number of ether oxygens (including phenoxy) is 1. The van der Waals surface area contributed by atoms with Crippen LogP contribution in [0.3, 0.4) is 0 Å². The van der Waals surface area contributed by atoms with E-state index in [9.17, 15) is 13.2 Å². The lowest BCUT2D eigenvalue weighted by Crippen LogP contribution is -2.39. The van der Waals surface area contributed by atoms with Crippen molar-refractivity contribution in [1.82, 2.24) is 15.3 Å². The molecule has 1 atom stereocenters. The first-order valence-corrected chi connectivity index (χ1v) is 6.40. The van der Waals surface area contributed by atoms with Crippen LogP contribution in [0, 0.1) is 0 Å². The van der Waals surface area contributed by atoms with Crippen LogP contribution in [0.2, 0.25) is 0 Å². The Hall–Kier alpha value is -1.60. The quantitative estimate of drug-likeness (QED) is 0.888. The van der Waals surface area contributed by atoms with E-state index in [-0.39, 0.29) is 6.10 Å².